The Morgan fingerprint density at radius 3 is 1.18 bits per heavy atom. The van der Waals surface area contributed by atoms with Gasteiger partial charge in [0.25, 0.3) is 0 Å². The third-order valence-corrected chi connectivity index (χ3v) is 11.7. The number of hydrogen-bond donors (Lipinski definition) is 0. The van der Waals surface area contributed by atoms with E-state index in [2.05, 4.69) is 224 Å². The van der Waals surface area contributed by atoms with E-state index in [0.29, 0.717) is 6.61 Å². The van der Waals surface area contributed by atoms with Gasteiger partial charge < -0.3 is 24.0 Å². The number of nitrogens with zero attached hydrogens (tertiary/aromatic N) is 2. The van der Waals surface area contributed by atoms with Crippen molar-refractivity contribution in [2.75, 3.05) is 30.1 Å². The number of benzene rings is 7. The molecule has 338 valence electrons. The molecule has 5 heteroatoms. The Hall–Kier alpha value is -6.98. The summed E-state index contributed by atoms with van der Waals surface area (Å²) in [4.78, 5) is 4.55. The monoisotopic (exact) mass is 875 g/mol. The van der Waals surface area contributed by atoms with Crippen LogP contribution in [0.4, 0.5) is 34.1 Å². The number of methoxy groups -OCH3 is 1. The van der Waals surface area contributed by atoms with E-state index in [1.165, 1.54) is 44.9 Å². The Morgan fingerprint density at radius 1 is 0.364 bits per heavy atom. The molecule has 0 bridgehead atoms. The maximum atomic E-state index is 6.53. The number of anilines is 6. The molecular formula is C61H66N2O3. The molecule has 0 aromatic heterocycles. The van der Waals surface area contributed by atoms with Crippen molar-refractivity contribution in [1.29, 1.82) is 0 Å². The van der Waals surface area contributed by atoms with Crippen LogP contribution in [0.5, 0.6) is 17.2 Å². The second-order valence-electron chi connectivity index (χ2n) is 16.7. The van der Waals surface area contributed by atoms with E-state index >= 15 is 0 Å². The van der Waals surface area contributed by atoms with Crippen molar-refractivity contribution in [1.82, 2.24) is 0 Å². The van der Waals surface area contributed by atoms with E-state index in [1.807, 2.05) is 0 Å². The first-order chi connectivity index (χ1) is 32.6. The molecule has 0 unspecified atom stereocenters. The van der Waals surface area contributed by atoms with Gasteiger partial charge in [-0.15, -0.1) is 0 Å². The smallest absolute Gasteiger partial charge is 0.127 e. The summed E-state index contributed by atoms with van der Waals surface area (Å²) in [5.41, 5.74) is 10.7. The molecule has 0 saturated carbocycles. The minimum atomic E-state index is 0.661. The lowest BCUT2D eigenvalue weighted by Crippen LogP contribution is -2.09. The van der Waals surface area contributed by atoms with E-state index in [1.54, 1.807) is 7.11 Å². The maximum absolute atomic E-state index is 6.53. The van der Waals surface area contributed by atoms with Gasteiger partial charge in [0.1, 0.15) is 17.2 Å². The Morgan fingerprint density at radius 2 is 0.727 bits per heavy atom. The van der Waals surface area contributed by atoms with Crippen molar-refractivity contribution in [2.24, 2.45) is 0 Å². The molecular weight excluding hydrogens is 809 g/mol. The first kappa shape index (κ1) is 47.0. The van der Waals surface area contributed by atoms with Crippen LogP contribution in [0.1, 0.15) is 100 Å². The van der Waals surface area contributed by atoms with Crippen LogP contribution in [0.25, 0.3) is 24.3 Å². The topological polar surface area (TPSA) is 34.2 Å². The van der Waals surface area contributed by atoms with Gasteiger partial charge in [0.2, 0.25) is 0 Å². The molecule has 0 heterocycles. The highest BCUT2D eigenvalue weighted by Gasteiger charge is 2.15. The summed E-state index contributed by atoms with van der Waals surface area (Å²) in [6.45, 7) is 5.91. The number of para-hydroxylation sites is 3. The largest absolute Gasteiger partial charge is 0.496 e. The van der Waals surface area contributed by atoms with E-state index in [0.717, 1.165) is 99.5 Å². The summed E-state index contributed by atoms with van der Waals surface area (Å²) < 4.78 is 18.6. The van der Waals surface area contributed by atoms with E-state index in [4.69, 9.17) is 14.2 Å². The molecule has 7 rings (SSSR count). The van der Waals surface area contributed by atoms with Crippen LogP contribution in [0.2, 0.25) is 0 Å². The molecule has 0 saturated heterocycles. The lowest BCUT2D eigenvalue weighted by atomic mass is 10.0. The highest BCUT2D eigenvalue weighted by molar-refractivity contribution is 5.82. The summed E-state index contributed by atoms with van der Waals surface area (Å²) in [6, 6.07) is 61.5. The summed E-state index contributed by atoms with van der Waals surface area (Å²) in [6.07, 6.45) is 20.6. The first-order valence-corrected chi connectivity index (χ1v) is 24.0. The molecule has 5 nitrogen and oxygen atoms in total. The van der Waals surface area contributed by atoms with Gasteiger partial charge in [-0.2, -0.15) is 0 Å². The summed E-state index contributed by atoms with van der Waals surface area (Å²) in [7, 11) is 1.73. The molecule has 0 atom stereocenters. The van der Waals surface area contributed by atoms with Gasteiger partial charge in [0, 0.05) is 45.3 Å². The molecule has 0 radical (unpaired) electrons. The SMILES string of the molecule is CCCCCCCCOc1ccc(N(c2ccccc2)c2ccc(/C=C/c3cc(OCCCCCC)c(/C=C/c4ccc(N(c5ccccc5)c5ccccc5)cc4)cc3OC)cc2)cc1. The van der Waals surface area contributed by atoms with Gasteiger partial charge in [-0.3, -0.25) is 0 Å². The number of ether oxygens (including phenoxy) is 3. The molecule has 0 fully saturated rings. The van der Waals surface area contributed by atoms with Crippen molar-refractivity contribution in [3.8, 4) is 17.2 Å². The molecule has 0 aliphatic heterocycles. The Bertz CT molecular complexity index is 2480. The normalized spacial score (nSPS) is 11.3. The third-order valence-electron chi connectivity index (χ3n) is 11.7. The fourth-order valence-electron chi connectivity index (χ4n) is 8.10. The predicted octanol–water partition coefficient (Wildman–Crippen LogP) is 17.7. The summed E-state index contributed by atoms with van der Waals surface area (Å²) in [5.74, 6) is 2.53. The zero-order valence-electron chi connectivity index (χ0n) is 39.2. The molecule has 0 aliphatic carbocycles. The van der Waals surface area contributed by atoms with Gasteiger partial charge in [0.05, 0.1) is 20.3 Å². The molecule has 0 N–H and O–H groups in total. The van der Waals surface area contributed by atoms with Crippen molar-refractivity contribution in [3.05, 3.63) is 198 Å². The minimum absolute atomic E-state index is 0.661. The first-order valence-electron chi connectivity index (χ1n) is 24.0. The lowest BCUT2D eigenvalue weighted by Gasteiger charge is -2.25. The van der Waals surface area contributed by atoms with E-state index < -0.39 is 0 Å². The standard InChI is InChI=1S/C61H66N2O3/c1-4-6-8-10-11-22-45-65-59-43-41-58(42-44-59)63(55-27-19-14-20-28-55)57-39-33-49(34-40-57)29-35-51-48-61(66-46-21-9-7-5-2)52(47-60(51)64-3)36-30-50-31-37-56(38-32-50)62(53-23-15-12-16-24-53)54-25-17-13-18-26-54/h12-20,23-44,47-48H,4-11,21-22,45-46H2,1-3H3/b35-29+,36-30+. The van der Waals surface area contributed by atoms with Gasteiger partial charge in [-0.05, 0) is 121 Å². The molecule has 0 aliphatic rings. The Kier molecular flexibility index (Phi) is 18.2. The number of hydrogen-bond acceptors (Lipinski definition) is 5. The molecule has 7 aromatic carbocycles. The van der Waals surface area contributed by atoms with Crippen LogP contribution in [-0.2, 0) is 0 Å². The van der Waals surface area contributed by atoms with Crippen LogP contribution in [0.15, 0.2) is 176 Å². The molecule has 7 aromatic rings. The third kappa shape index (κ3) is 13.5. The van der Waals surface area contributed by atoms with Crippen LogP contribution >= 0.6 is 0 Å². The average molecular weight is 875 g/mol. The van der Waals surface area contributed by atoms with E-state index in [-0.39, 0.29) is 0 Å². The van der Waals surface area contributed by atoms with Gasteiger partial charge in [-0.25, -0.2) is 0 Å². The highest BCUT2D eigenvalue weighted by atomic mass is 16.5. The zero-order valence-corrected chi connectivity index (χ0v) is 39.2. The van der Waals surface area contributed by atoms with Crippen LogP contribution in [-0.4, -0.2) is 20.3 Å². The molecule has 66 heavy (non-hydrogen) atoms. The summed E-state index contributed by atoms with van der Waals surface area (Å²) in [5, 5.41) is 0. The Labute approximate surface area is 394 Å². The fourth-order valence-corrected chi connectivity index (χ4v) is 8.10. The average Bonchev–Trinajstić information content (AvgIpc) is 3.37. The van der Waals surface area contributed by atoms with Crippen LogP contribution in [0, 0.1) is 0 Å². The van der Waals surface area contributed by atoms with Crippen LogP contribution in [0.3, 0.4) is 0 Å². The quantitative estimate of drug-likeness (QED) is 0.0422. The molecule has 0 spiro atoms. The number of rotatable bonds is 25. The maximum Gasteiger partial charge on any atom is 0.127 e. The Balaban J connectivity index is 1.08. The van der Waals surface area contributed by atoms with Crippen molar-refractivity contribution >= 4 is 58.4 Å². The number of unbranched alkanes of at least 4 members (excludes halogenated alkanes) is 8. The lowest BCUT2D eigenvalue weighted by molar-refractivity contribution is 0.303. The highest BCUT2D eigenvalue weighted by Crippen LogP contribution is 2.38. The van der Waals surface area contributed by atoms with Crippen molar-refractivity contribution < 1.29 is 14.2 Å². The minimum Gasteiger partial charge on any atom is -0.496 e. The van der Waals surface area contributed by atoms with Crippen molar-refractivity contribution in [3.63, 3.8) is 0 Å². The molecule has 0 amide bonds. The predicted molar refractivity (Wildman–Crippen MR) is 282 cm³/mol. The zero-order chi connectivity index (χ0) is 45.6. The summed E-state index contributed by atoms with van der Waals surface area (Å²) >= 11 is 0. The van der Waals surface area contributed by atoms with E-state index in [9.17, 15) is 0 Å². The van der Waals surface area contributed by atoms with Gasteiger partial charge in [0.15, 0.2) is 0 Å². The second kappa shape index (κ2) is 25.5. The second-order valence-corrected chi connectivity index (χ2v) is 16.7. The van der Waals surface area contributed by atoms with Crippen LogP contribution < -0.4 is 24.0 Å². The van der Waals surface area contributed by atoms with Gasteiger partial charge >= 0.3 is 0 Å². The fraction of sp³-hybridized carbons (Fsp3) is 0.246. The van der Waals surface area contributed by atoms with Crippen molar-refractivity contribution in [2.45, 2.75) is 78.1 Å². The van der Waals surface area contributed by atoms with Gasteiger partial charge in [-0.1, -0.05) is 168 Å².